The summed E-state index contributed by atoms with van der Waals surface area (Å²) in [7, 11) is 0. The molecular formula is C18H18F4. The first kappa shape index (κ1) is 16.5. The van der Waals surface area contributed by atoms with Crippen molar-refractivity contribution in [1.29, 1.82) is 0 Å². The summed E-state index contributed by atoms with van der Waals surface area (Å²) in [6, 6.07) is 6.15. The summed E-state index contributed by atoms with van der Waals surface area (Å²) in [5.41, 5.74) is 0.973. The van der Waals surface area contributed by atoms with Gasteiger partial charge in [0.25, 0.3) is 0 Å². The topological polar surface area (TPSA) is 0 Å². The van der Waals surface area contributed by atoms with Crippen LogP contribution in [0.4, 0.5) is 17.6 Å². The Bertz CT molecular complexity index is 641. The van der Waals surface area contributed by atoms with Crippen LogP contribution in [0, 0.1) is 29.2 Å². The number of rotatable bonds is 5. The molecule has 0 spiro atoms. The van der Waals surface area contributed by atoms with Gasteiger partial charge in [-0.05, 0) is 54.2 Å². The molecule has 0 heterocycles. The van der Waals surface area contributed by atoms with Crippen LogP contribution in [-0.2, 0) is 6.42 Å². The van der Waals surface area contributed by atoms with E-state index in [4.69, 9.17) is 0 Å². The van der Waals surface area contributed by atoms with Crippen LogP contribution in [0.15, 0.2) is 30.3 Å². The van der Waals surface area contributed by atoms with E-state index < -0.39 is 23.3 Å². The lowest BCUT2D eigenvalue weighted by atomic mass is 9.96. The fourth-order valence-electron chi connectivity index (χ4n) is 2.28. The van der Waals surface area contributed by atoms with Crippen molar-refractivity contribution >= 4 is 0 Å². The smallest absolute Gasteiger partial charge is 0.194 e. The third-order valence-corrected chi connectivity index (χ3v) is 3.95. The van der Waals surface area contributed by atoms with Gasteiger partial charge in [0.2, 0.25) is 0 Å². The predicted octanol–water partition coefficient (Wildman–Crippen LogP) is 5.89. The summed E-state index contributed by atoms with van der Waals surface area (Å²) in [6.07, 6.45) is 2.77. The highest BCUT2D eigenvalue weighted by Gasteiger charge is 2.14. The van der Waals surface area contributed by atoms with E-state index >= 15 is 0 Å². The zero-order valence-electron chi connectivity index (χ0n) is 12.6. The largest absolute Gasteiger partial charge is 0.206 e. The number of halogens is 4. The Morgan fingerprint density at radius 1 is 0.909 bits per heavy atom. The summed E-state index contributed by atoms with van der Waals surface area (Å²) in [4.78, 5) is 0. The maximum Gasteiger partial charge on any atom is 0.194 e. The summed E-state index contributed by atoms with van der Waals surface area (Å²) < 4.78 is 53.6. The highest BCUT2D eigenvalue weighted by atomic mass is 19.2. The van der Waals surface area contributed by atoms with E-state index in [1.54, 1.807) is 12.1 Å². The van der Waals surface area contributed by atoms with Crippen LogP contribution in [-0.4, -0.2) is 0 Å². The Labute approximate surface area is 127 Å². The van der Waals surface area contributed by atoms with E-state index in [0.29, 0.717) is 5.92 Å². The predicted molar refractivity (Wildman–Crippen MR) is 79.5 cm³/mol. The minimum Gasteiger partial charge on any atom is -0.206 e. The minimum absolute atomic E-state index is 0.000657. The second-order valence-corrected chi connectivity index (χ2v) is 5.62. The molecule has 0 fully saturated rings. The molecular weight excluding hydrogens is 292 g/mol. The molecule has 0 amide bonds. The molecule has 0 radical (unpaired) electrons. The van der Waals surface area contributed by atoms with Crippen LogP contribution in [0.1, 0.15) is 32.3 Å². The van der Waals surface area contributed by atoms with Crippen molar-refractivity contribution in [2.45, 2.75) is 33.1 Å². The Kier molecular flexibility index (Phi) is 5.22. The Morgan fingerprint density at radius 3 is 2.14 bits per heavy atom. The molecule has 0 nitrogen and oxygen atoms in total. The highest BCUT2D eigenvalue weighted by molar-refractivity contribution is 5.65. The molecule has 1 atom stereocenters. The zero-order chi connectivity index (χ0) is 16.3. The minimum atomic E-state index is -1.54. The lowest BCUT2D eigenvalue weighted by Gasteiger charge is -2.11. The van der Waals surface area contributed by atoms with Gasteiger partial charge in [-0.2, -0.15) is 0 Å². The standard InChI is InChI=1S/C18H18F4/c1-3-11(2)4-5-12-6-7-15(19)14(8-12)13-9-16(20)18(22)17(21)10-13/h6-11H,3-5H2,1-2H3. The molecule has 0 bridgehead atoms. The van der Waals surface area contributed by atoms with Crippen LogP contribution in [0.5, 0.6) is 0 Å². The second kappa shape index (κ2) is 6.95. The third kappa shape index (κ3) is 3.67. The quantitative estimate of drug-likeness (QED) is 0.477. The normalized spacial score (nSPS) is 12.5. The van der Waals surface area contributed by atoms with Crippen molar-refractivity contribution in [3.05, 3.63) is 59.2 Å². The maximum atomic E-state index is 13.9. The van der Waals surface area contributed by atoms with Crippen molar-refractivity contribution in [3.63, 3.8) is 0 Å². The molecule has 1 unspecified atom stereocenters. The van der Waals surface area contributed by atoms with Crippen molar-refractivity contribution in [2.24, 2.45) is 5.92 Å². The number of hydrogen-bond donors (Lipinski definition) is 0. The van der Waals surface area contributed by atoms with Crippen LogP contribution in [0.2, 0.25) is 0 Å². The molecule has 2 aromatic rings. The van der Waals surface area contributed by atoms with Crippen molar-refractivity contribution in [1.82, 2.24) is 0 Å². The molecule has 0 aliphatic carbocycles. The molecule has 118 valence electrons. The van der Waals surface area contributed by atoms with E-state index in [-0.39, 0.29) is 11.1 Å². The number of aryl methyl sites for hydroxylation is 1. The van der Waals surface area contributed by atoms with Crippen LogP contribution in [0.25, 0.3) is 11.1 Å². The lowest BCUT2D eigenvalue weighted by molar-refractivity contribution is 0.447. The lowest BCUT2D eigenvalue weighted by Crippen LogP contribution is -1.97. The first-order chi connectivity index (χ1) is 10.4. The molecule has 0 aliphatic rings. The van der Waals surface area contributed by atoms with Crippen molar-refractivity contribution in [3.8, 4) is 11.1 Å². The molecule has 2 aromatic carbocycles. The first-order valence-corrected chi connectivity index (χ1v) is 7.35. The third-order valence-electron chi connectivity index (χ3n) is 3.95. The molecule has 0 aliphatic heterocycles. The summed E-state index contributed by atoms with van der Waals surface area (Å²) in [5, 5.41) is 0. The monoisotopic (exact) mass is 310 g/mol. The van der Waals surface area contributed by atoms with Gasteiger partial charge in [0.15, 0.2) is 17.5 Å². The summed E-state index contributed by atoms with van der Waals surface area (Å²) in [5.74, 6) is -4.22. The number of hydrogen-bond acceptors (Lipinski definition) is 0. The van der Waals surface area contributed by atoms with Crippen LogP contribution < -0.4 is 0 Å². The highest BCUT2D eigenvalue weighted by Crippen LogP contribution is 2.28. The van der Waals surface area contributed by atoms with Gasteiger partial charge in [-0.25, -0.2) is 17.6 Å². The van der Waals surface area contributed by atoms with Gasteiger partial charge in [-0.3, -0.25) is 0 Å². The Morgan fingerprint density at radius 2 is 1.55 bits per heavy atom. The van der Waals surface area contributed by atoms with Crippen molar-refractivity contribution < 1.29 is 17.6 Å². The fourth-order valence-corrected chi connectivity index (χ4v) is 2.28. The number of benzene rings is 2. The van der Waals surface area contributed by atoms with Gasteiger partial charge in [0.05, 0.1) is 0 Å². The van der Waals surface area contributed by atoms with E-state index in [2.05, 4.69) is 13.8 Å². The fraction of sp³-hybridized carbons (Fsp3) is 0.333. The molecule has 0 saturated heterocycles. The van der Waals surface area contributed by atoms with Gasteiger partial charge < -0.3 is 0 Å². The van der Waals surface area contributed by atoms with E-state index in [9.17, 15) is 17.6 Å². The second-order valence-electron chi connectivity index (χ2n) is 5.62. The van der Waals surface area contributed by atoms with Gasteiger partial charge in [0.1, 0.15) is 5.82 Å². The van der Waals surface area contributed by atoms with Crippen molar-refractivity contribution in [2.75, 3.05) is 0 Å². The molecule has 2 rings (SSSR count). The molecule has 0 aromatic heterocycles. The molecule has 0 saturated carbocycles. The van der Waals surface area contributed by atoms with Gasteiger partial charge in [-0.1, -0.05) is 26.3 Å². The Hall–Kier alpha value is -1.84. The maximum absolute atomic E-state index is 13.9. The summed E-state index contributed by atoms with van der Waals surface area (Å²) in [6.45, 7) is 4.24. The molecule has 4 heteroatoms. The van der Waals surface area contributed by atoms with E-state index in [1.807, 2.05) is 0 Å². The van der Waals surface area contributed by atoms with Crippen LogP contribution >= 0.6 is 0 Å². The van der Waals surface area contributed by atoms with Gasteiger partial charge in [-0.15, -0.1) is 0 Å². The van der Waals surface area contributed by atoms with Gasteiger partial charge in [0, 0.05) is 5.56 Å². The first-order valence-electron chi connectivity index (χ1n) is 7.35. The SMILES string of the molecule is CCC(C)CCc1ccc(F)c(-c2cc(F)c(F)c(F)c2)c1. The zero-order valence-corrected chi connectivity index (χ0v) is 12.6. The molecule has 0 N–H and O–H groups in total. The Balaban J connectivity index is 2.34. The van der Waals surface area contributed by atoms with E-state index in [1.165, 1.54) is 6.07 Å². The average Bonchev–Trinajstić information content (AvgIpc) is 2.50. The van der Waals surface area contributed by atoms with Gasteiger partial charge >= 0.3 is 0 Å². The summed E-state index contributed by atoms with van der Waals surface area (Å²) >= 11 is 0. The average molecular weight is 310 g/mol. The van der Waals surface area contributed by atoms with E-state index in [0.717, 1.165) is 37.0 Å². The van der Waals surface area contributed by atoms with Crippen LogP contribution in [0.3, 0.4) is 0 Å². The molecule has 22 heavy (non-hydrogen) atoms.